The number of hydrogen-bond donors (Lipinski definition) is 0. The van der Waals surface area contributed by atoms with Gasteiger partial charge in [-0.3, -0.25) is 14.4 Å². The maximum atomic E-state index is 13.2. The first kappa shape index (κ1) is 55.7. The zero-order valence-corrected chi connectivity index (χ0v) is 39.5. The molecular formula is C44H84N2O8S3. The van der Waals surface area contributed by atoms with E-state index in [9.17, 15) is 19.2 Å². The Kier molecular flexibility index (Phi) is 41.8. The van der Waals surface area contributed by atoms with E-state index in [1.54, 1.807) is 21.6 Å². The Labute approximate surface area is 361 Å². The highest BCUT2D eigenvalue weighted by atomic mass is 33.1. The average Bonchev–Trinajstić information content (AvgIpc) is 3.20. The minimum Gasteiger partial charge on any atom is -0.466 e. The van der Waals surface area contributed by atoms with E-state index in [1.165, 1.54) is 81.9 Å². The highest BCUT2D eigenvalue weighted by molar-refractivity contribution is 8.76. The third-order valence-electron chi connectivity index (χ3n) is 9.72. The average molecular weight is 865 g/mol. The molecule has 1 amide bonds. The second-order valence-corrected chi connectivity index (χ2v) is 18.6. The molecule has 0 aliphatic heterocycles. The molecule has 0 rings (SSSR count). The summed E-state index contributed by atoms with van der Waals surface area (Å²) in [6.45, 7) is 14.9. The molecule has 0 aliphatic rings. The maximum absolute atomic E-state index is 13.2. The van der Waals surface area contributed by atoms with Gasteiger partial charge in [-0.15, -0.1) is 0 Å². The van der Waals surface area contributed by atoms with Gasteiger partial charge in [-0.2, -0.15) is 11.8 Å². The van der Waals surface area contributed by atoms with Gasteiger partial charge < -0.3 is 28.7 Å². The first-order valence-electron chi connectivity index (χ1n) is 22.8. The van der Waals surface area contributed by atoms with Gasteiger partial charge in [0.1, 0.15) is 19.3 Å². The van der Waals surface area contributed by atoms with Crippen LogP contribution in [0.1, 0.15) is 176 Å². The summed E-state index contributed by atoms with van der Waals surface area (Å²) < 4.78 is 22.4. The molecule has 0 bridgehead atoms. The van der Waals surface area contributed by atoms with E-state index in [0.29, 0.717) is 31.1 Å². The minimum atomic E-state index is -0.557. The second kappa shape index (κ2) is 42.8. The van der Waals surface area contributed by atoms with Crippen molar-refractivity contribution in [2.24, 2.45) is 0 Å². The first-order chi connectivity index (χ1) is 27.8. The number of carbonyl (C=O) groups is 4. The van der Waals surface area contributed by atoms with Crippen LogP contribution in [0.15, 0.2) is 0 Å². The molecule has 0 saturated carbocycles. The standard InChI is InChI=1S/C44H84N2O8S3/c1-6-11-14-17-19-21-23-33-51-42(48)28-31-46(44(50)53-35-38-57-56-37-34-52-41(47)27-25-30-45(9-4)10-5)32-29-43(49)54-40(26-22-20-18-15-12-7-2)39-55-36-24-16-13-8-3/h40H,6-39H2,1-5H3. The Morgan fingerprint density at radius 3 is 1.61 bits per heavy atom. The lowest BCUT2D eigenvalue weighted by Gasteiger charge is -2.23. The van der Waals surface area contributed by atoms with Crippen molar-refractivity contribution in [3.8, 4) is 0 Å². The van der Waals surface area contributed by atoms with E-state index in [-0.39, 0.29) is 56.5 Å². The molecule has 1 atom stereocenters. The van der Waals surface area contributed by atoms with Crippen molar-refractivity contribution in [3.63, 3.8) is 0 Å². The van der Waals surface area contributed by atoms with Crippen LogP contribution in [0.25, 0.3) is 0 Å². The van der Waals surface area contributed by atoms with Gasteiger partial charge in [0.05, 0.1) is 19.4 Å². The molecule has 0 saturated heterocycles. The Balaban J connectivity index is 4.91. The largest absolute Gasteiger partial charge is 0.466 e. The molecule has 0 aromatic carbocycles. The van der Waals surface area contributed by atoms with Gasteiger partial charge in [-0.05, 0) is 57.5 Å². The predicted molar refractivity (Wildman–Crippen MR) is 243 cm³/mol. The molecule has 0 spiro atoms. The van der Waals surface area contributed by atoms with E-state index in [4.69, 9.17) is 18.9 Å². The molecule has 13 heteroatoms. The Morgan fingerprint density at radius 2 is 1.00 bits per heavy atom. The van der Waals surface area contributed by atoms with Gasteiger partial charge in [0.25, 0.3) is 0 Å². The van der Waals surface area contributed by atoms with Crippen LogP contribution in [0.3, 0.4) is 0 Å². The number of unbranched alkanes of at least 4 members (excludes halogenated alkanes) is 14. The summed E-state index contributed by atoms with van der Waals surface area (Å²) in [4.78, 5) is 54.7. The predicted octanol–water partition coefficient (Wildman–Crippen LogP) is 11.5. The second-order valence-electron chi connectivity index (χ2n) is 14.7. The lowest BCUT2D eigenvalue weighted by atomic mass is 10.1. The van der Waals surface area contributed by atoms with Crippen molar-refractivity contribution in [1.29, 1.82) is 0 Å². The Bertz CT molecular complexity index is 945. The van der Waals surface area contributed by atoms with E-state index < -0.39 is 6.09 Å². The van der Waals surface area contributed by atoms with Crippen molar-refractivity contribution in [3.05, 3.63) is 0 Å². The first-order valence-corrected chi connectivity index (χ1v) is 26.4. The molecule has 0 aliphatic carbocycles. The summed E-state index contributed by atoms with van der Waals surface area (Å²) in [6.07, 6.45) is 21.4. The van der Waals surface area contributed by atoms with Gasteiger partial charge in [-0.1, -0.05) is 146 Å². The topological polar surface area (TPSA) is 112 Å². The molecule has 10 nitrogen and oxygen atoms in total. The number of esters is 3. The summed E-state index contributed by atoms with van der Waals surface area (Å²) in [5, 5.41) is 0. The minimum absolute atomic E-state index is 0.0365. The van der Waals surface area contributed by atoms with E-state index in [1.807, 2.05) is 11.8 Å². The summed E-state index contributed by atoms with van der Waals surface area (Å²) in [5.74, 6) is 2.21. The fraction of sp³-hybridized carbons (Fsp3) is 0.909. The Hall–Kier alpha value is -1.31. The Morgan fingerprint density at radius 1 is 0.491 bits per heavy atom. The number of hydrogen-bond acceptors (Lipinski definition) is 12. The van der Waals surface area contributed by atoms with Crippen LogP contribution >= 0.6 is 33.3 Å². The summed E-state index contributed by atoms with van der Waals surface area (Å²) in [7, 11) is 3.11. The van der Waals surface area contributed by atoms with Gasteiger partial charge >= 0.3 is 24.0 Å². The lowest BCUT2D eigenvalue weighted by molar-refractivity contribution is -0.148. The summed E-state index contributed by atoms with van der Waals surface area (Å²) in [5.41, 5.74) is 0. The normalized spacial score (nSPS) is 11.8. The van der Waals surface area contributed by atoms with Crippen molar-refractivity contribution in [2.75, 3.05) is 75.6 Å². The fourth-order valence-electron chi connectivity index (χ4n) is 6.10. The van der Waals surface area contributed by atoms with Crippen LogP contribution in [0.5, 0.6) is 0 Å². The van der Waals surface area contributed by atoms with Crippen LogP contribution in [0, 0.1) is 0 Å². The number of ether oxygens (including phenoxy) is 4. The van der Waals surface area contributed by atoms with Crippen molar-refractivity contribution >= 4 is 57.4 Å². The van der Waals surface area contributed by atoms with Crippen molar-refractivity contribution in [1.82, 2.24) is 9.80 Å². The van der Waals surface area contributed by atoms with Gasteiger partial charge in [0.2, 0.25) is 0 Å². The van der Waals surface area contributed by atoms with Gasteiger partial charge in [0, 0.05) is 36.8 Å². The van der Waals surface area contributed by atoms with Gasteiger partial charge in [-0.25, -0.2) is 4.79 Å². The highest BCUT2D eigenvalue weighted by Crippen LogP contribution is 2.21. The summed E-state index contributed by atoms with van der Waals surface area (Å²) >= 11 is 1.86. The quantitative estimate of drug-likeness (QED) is 0.0252. The van der Waals surface area contributed by atoms with Crippen molar-refractivity contribution in [2.45, 2.75) is 182 Å². The van der Waals surface area contributed by atoms with E-state index >= 15 is 0 Å². The number of nitrogens with zero attached hydrogens (tertiary/aromatic N) is 2. The highest BCUT2D eigenvalue weighted by Gasteiger charge is 2.21. The molecular weight excluding hydrogens is 781 g/mol. The molecule has 1 unspecified atom stereocenters. The molecule has 336 valence electrons. The molecule has 0 aromatic heterocycles. The van der Waals surface area contributed by atoms with Crippen LogP contribution in [0.2, 0.25) is 0 Å². The number of carbonyl (C=O) groups excluding carboxylic acids is 4. The SMILES string of the molecule is CCCCCCCCCOC(=O)CCN(CCC(=O)OC(CCCCCCCC)CSCCCCCC)C(=O)OCCSSCCOC(=O)CCCN(CC)CC. The molecule has 0 N–H and O–H groups in total. The molecule has 0 heterocycles. The third-order valence-corrected chi connectivity index (χ3v) is 13.2. The van der Waals surface area contributed by atoms with Crippen LogP contribution < -0.4 is 0 Å². The monoisotopic (exact) mass is 865 g/mol. The molecule has 0 fully saturated rings. The third kappa shape index (κ3) is 37.4. The molecule has 57 heavy (non-hydrogen) atoms. The zero-order valence-electron chi connectivity index (χ0n) is 37.0. The maximum Gasteiger partial charge on any atom is 0.409 e. The van der Waals surface area contributed by atoms with Crippen molar-refractivity contribution < 1.29 is 38.1 Å². The number of amides is 1. The van der Waals surface area contributed by atoms with Crippen LogP contribution in [-0.4, -0.2) is 115 Å². The fourth-order valence-corrected chi connectivity index (χ4v) is 8.83. The number of rotatable bonds is 42. The van der Waals surface area contributed by atoms with Crippen LogP contribution in [-0.2, 0) is 33.3 Å². The number of thioether (sulfide) groups is 1. The molecule has 0 aromatic rings. The van der Waals surface area contributed by atoms with Crippen LogP contribution in [0.4, 0.5) is 4.79 Å². The van der Waals surface area contributed by atoms with Gasteiger partial charge in [0.15, 0.2) is 0 Å². The lowest BCUT2D eigenvalue weighted by Crippen LogP contribution is -2.36. The smallest absolute Gasteiger partial charge is 0.409 e. The van der Waals surface area contributed by atoms with E-state index in [2.05, 4.69) is 39.5 Å². The molecule has 0 radical (unpaired) electrons. The van der Waals surface area contributed by atoms with E-state index in [0.717, 1.165) is 76.1 Å². The summed E-state index contributed by atoms with van der Waals surface area (Å²) in [6, 6.07) is 0. The zero-order chi connectivity index (χ0) is 42.0.